The molecule has 0 radical (unpaired) electrons. The molecule has 0 aliphatic heterocycles. The molecule has 168 valence electrons. The maximum atomic E-state index is 12.6. The third kappa shape index (κ3) is 5.93. The van der Waals surface area contributed by atoms with Gasteiger partial charge in [0.2, 0.25) is 10.0 Å². The van der Waals surface area contributed by atoms with E-state index in [1.807, 2.05) is 42.5 Å². The van der Waals surface area contributed by atoms with Gasteiger partial charge < -0.3 is 9.84 Å². The Hall–Kier alpha value is -2.22. The van der Waals surface area contributed by atoms with Crippen LogP contribution in [-0.2, 0) is 26.2 Å². The van der Waals surface area contributed by atoms with Crippen molar-refractivity contribution in [1.29, 1.82) is 0 Å². The maximum absolute atomic E-state index is 12.6. The normalized spacial score (nSPS) is 14.8. The van der Waals surface area contributed by atoms with Crippen LogP contribution >= 0.6 is 0 Å². The Morgan fingerprint density at radius 2 is 1.81 bits per heavy atom. The van der Waals surface area contributed by atoms with Crippen LogP contribution in [0.4, 0.5) is 0 Å². The highest BCUT2D eigenvalue weighted by Gasteiger charge is 2.36. The van der Waals surface area contributed by atoms with Crippen molar-refractivity contribution in [2.75, 3.05) is 18.9 Å². The fourth-order valence-electron chi connectivity index (χ4n) is 4.19. The van der Waals surface area contributed by atoms with E-state index in [1.54, 1.807) is 6.92 Å². The van der Waals surface area contributed by atoms with Gasteiger partial charge in [-0.3, -0.25) is 4.79 Å². The summed E-state index contributed by atoms with van der Waals surface area (Å²) in [6.45, 7) is 2.50. The molecule has 6 nitrogen and oxygen atoms in total. The van der Waals surface area contributed by atoms with Gasteiger partial charge in [-0.1, -0.05) is 55.3 Å². The smallest absolute Gasteiger partial charge is 0.305 e. The molecule has 2 aromatic carbocycles. The molecule has 1 atom stereocenters. The van der Waals surface area contributed by atoms with Crippen molar-refractivity contribution in [1.82, 2.24) is 4.72 Å². The van der Waals surface area contributed by atoms with E-state index in [4.69, 9.17) is 4.74 Å². The minimum Gasteiger partial charge on any atom is -0.466 e. The molecule has 7 heteroatoms. The second-order valence-corrected chi connectivity index (χ2v) is 9.67. The summed E-state index contributed by atoms with van der Waals surface area (Å²) in [5.41, 5.74) is 4.72. The van der Waals surface area contributed by atoms with Crippen molar-refractivity contribution in [2.24, 2.45) is 0 Å². The summed E-state index contributed by atoms with van der Waals surface area (Å²) in [5, 5.41) is 9.76. The third-order valence-electron chi connectivity index (χ3n) is 5.68. The van der Waals surface area contributed by atoms with Gasteiger partial charge in [0.25, 0.3) is 0 Å². The zero-order chi connectivity index (χ0) is 22.3. The van der Waals surface area contributed by atoms with E-state index in [0.29, 0.717) is 19.6 Å². The highest BCUT2D eigenvalue weighted by molar-refractivity contribution is 7.89. The Morgan fingerprint density at radius 1 is 1.06 bits per heavy atom. The summed E-state index contributed by atoms with van der Waals surface area (Å²) < 4.78 is 32.9. The van der Waals surface area contributed by atoms with Crippen LogP contribution < -0.4 is 4.72 Å². The van der Waals surface area contributed by atoms with Crippen molar-refractivity contribution in [3.05, 3.63) is 59.2 Å². The molecule has 0 heterocycles. The minimum absolute atomic E-state index is 0.00923. The molecule has 2 aliphatic carbocycles. The lowest BCUT2D eigenvalue weighted by Gasteiger charge is -2.35. The van der Waals surface area contributed by atoms with Crippen LogP contribution in [0.5, 0.6) is 0 Å². The molecule has 0 fully saturated rings. The second kappa shape index (κ2) is 10.9. The van der Waals surface area contributed by atoms with Crippen LogP contribution in [0.2, 0.25) is 0 Å². The first-order valence-electron chi connectivity index (χ1n) is 10.9. The van der Waals surface area contributed by atoms with Gasteiger partial charge in [0, 0.05) is 18.9 Å². The molecule has 0 saturated heterocycles. The van der Waals surface area contributed by atoms with Crippen LogP contribution in [0.1, 0.15) is 61.6 Å². The monoisotopic (exact) mass is 445 g/mol. The second-order valence-electron chi connectivity index (χ2n) is 7.82. The van der Waals surface area contributed by atoms with Gasteiger partial charge in [-0.05, 0) is 47.6 Å². The molecule has 4 rings (SSSR count). The Bertz CT molecular complexity index is 989. The van der Waals surface area contributed by atoms with Crippen LogP contribution in [0, 0.1) is 0 Å². The number of unbranched alkanes of at least 4 members (excludes halogenated alkanes) is 3. The van der Waals surface area contributed by atoms with Crippen molar-refractivity contribution in [3.63, 3.8) is 0 Å². The number of nitrogens with one attached hydrogen (secondary N) is 1. The third-order valence-corrected chi connectivity index (χ3v) is 7.10. The first-order chi connectivity index (χ1) is 15.0. The number of hydrogen-bond donors (Lipinski definition) is 2. The fraction of sp³-hybridized carbons (Fsp3) is 0.458. The van der Waals surface area contributed by atoms with Crippen molar-refractivity contribution in [3.8, 4) is 11.1 Å². The van der Waals surface area contributed by atoms with Gasteiger partial charge in [-0.2, -0.15) is 0 Å². The number of esters is 1. The Kier molecular flexibility index (Phi) is 8.23. The summed E-state index contributed by atoms with van der Waals surface area (Å²) >= 11 is 0. The Morgan fingerprint density at radius 3 is 2.52 bits per heavy atom. The van der Waals surface area contributed by atoms with Crippen LogP contribution in [0.3, 0.4) is 0 Å². The summed E-state index contributed by atoms with van der Waals surface area (Å²) in [5.74, 6) is -0.390. The molecular weight excluding hydrogens is 414 g/mol. The first kappa shape index (κ1) is 23.4. The largest absolute Gasteiger partial charge is 0.466 e. The molecule has 2 aromatic rings. The SMILES string of the molecule is CCOC(=O)CCCCCCNS(=O)(=O)CC1c2ccc(-c3ccccc3)c1c2CO. The number of aliphatic hydroxyl groups is 1. The lowest BCUT2D eigenvalue weighted by molar-refractivity contribution is -0.143. The molecule has 2 bridgehead atoms. The topological polar surface area (TPSA) is 92.7 Å². The zero-order valence-corrected chi connectivity index (χ0v) is 18.8. The molecule has 0 aromatic heterocycles. The average Bonchev–Trinajstić information content (AvgIpc) is 2.77. The summed E-state index contributed by atoms with van der Waals surface area (Å²) in [6.07, 6.45) is 3.63. The quantitative estimate of drug-likeness (QED) is 0.362. The fourth-order valence-corrected chi connectivity index (χ4v) is 5.55. The molecule has 31 heavy (non-hydrogen) atoms. The highest BCUT2D eigenvalue weighted by atomic mass is 32.2. The molecule has 2 N–H and O–H groups in total. The van der Waals surface area contributed by atoms with E-state index in [9.17, 15) is 18.3 Å². The Balaban J connectivity index is 1.50. The molecule has 0 amide bonds. The van der Waals surface area contributed by atoms with Gasteiger partial charge in [0.1, 0.15) is 0 Å². The molecule has 1 unspecified atom stereocenters. The number of carbonyl (C=O) groups excluding carboxylic acids is 1. The van der Waals surface area contributed by atoms with E-state index in [2.05, 4.69) is 4.72 Å². The predicted molar refractivity (Wildman–Crippen MR) is 121 cm³/mol. The maximum Gasteiger partial charge on any atom is 0.305 e. The predicted octanol–water partition coefficient (Wildman–Crippen LogP) is 3.72. The van der Waals surface area contributed by atoms with E-state index in [0.717, 1.165) is 53.5 Å². The number of fused-ring (bicyclic) bond motifs is 2. The van der Waals surface area contributed by atoms with Gasteiger partial charge in [-0.25, -0.2) is 13.1 Å². The summed E-state index contributed by atoms with van der Waals surface area (Å²) in [4.78, 5) is 11.3. The zero-order valence-electron chi connectivity index (χ0n) is 18.0. The molecule has 0 spiro atoms. The average molecular weight is 446 g/mol. The van der Waals surface area contributed by atoms with Gasteiger partial charge in [0.15, 0.2) is 0 Å². The van der Waals surface area contributed by atoms with E-state index >= 15 is 0 Å². The molecule has 0 saturated carbocycles. The van der Waals surface area contributed by atoms with Crippen LogP contribution in [-0.4, -0.2) is 38.4 Å². The van der Waals surface area contributed by atoms with Gasteiger partial charge in [0.05, 0.1) is 19.0 Å². The summed E-state index contributed by atoms with van der Waals surface area (Å²) in [7, 11) is -3.44. The number of aliphatic hydroxyl groups excluding tert-OH is 1. The van der Waals surface area contributed by atoms with Gasteiger partial charge in [-0.15, -0.1) is 0 Å². The lowest BCUT2D eigenvalue weighted by atomic mass is 9.71. The van der Waals surface area contributed by atoms with Crippen LogP contribution in [0.15, 0.2) is 42.5 Å². The molecular formula is C24H31NO5S. The Labute approximate surface area is 184 Å². The number of benzene rings is 2. The van der Waals surface area contributed by atoms with Crippen molar-refractivity contribution in [2.45, 2.75) is 51.6 Å². The standard InChI is InChI=1S/C24H31NO5S/c1-2-30-23(27)12-8-3-4-9-15-25-31(28,29)17-22-20-14-13-19(24(22)21(20)16-26)18-10-6-5-7-11-18/h5-7,10-11,13-14,22,25-26H,2-4,8-9,12,15-17H2,1H3. The minimum atomic E-state index is -3.44. The molecule has 2 aliphatic rings. The van der Waals surface area contributed by atoms with E-state index in [1.165, 1.54) is 0 Å². The highest BCUT2D eigenvalue weighted by Crippen LogP contribution is 2.47. The number of sulfonamides is 1. The van der Waals surface area contributed by atoms with Crippen molar-refractivity contribution < 1.29 is 23.1 Å². The van der Waals surface area contributed by atoms with Gasteiger partial charge >= 0.3 is 5.97 Å². The number of ether oxygens (including phenoxy) is 1. The number of carbonyl (C=O) groups is 1. The first-order valence-corrected chi connectivity index (χ1v) is 12.6. The van der Waals surface area contributed by atoms with Crippen molar-refractivity contribution >= 4 is 16.0 Å². The van der Waals surface area contributed by atoms with Crippen LogP contribution in [0.25, 0.3) is 11.1 Å². The number of rotatable bonds is 13. The summed E-state index contributed by atoms with van der Waals surface area (Å²) in [6, 6.07) is 13.8. The van der Waals surface area contributed by atoms with E-state index in [-0.39, 0.29) is 24.2 Å². The van der Waals surface area contributed by atoms with E-state index < -0.39 is 10.0 Å². The number of hydrogen-bond acceptors (Lipinski definition) is 5. The lowest BCUT2D eigenvalue weighted by Crippen LogP contribution is -2.34.